The molecular formula is C18H27N5O2. The van der Waals surface area contributed by atoms with Crippen LogP contribution in [0, 0.1) is 5.41 Å². The van der Waals surface area contributed by atoms with Crippen molar-refractivity contribution in [2.45, 2.75) is 52.2 Å². The number of amides is 1. The van der Waals surface area contributed by atoms with Crippen LogP contribution in [0.3, 0.4) is 0 Å². The van der Waals surface area contributed by atoms with E-state index in [1.807, 2.05) is 11.9 Å². The fourth-order valence-corrected chi connectivity index (χ4v) is 3.56. The normalized spacial score (nSPS) is 22.0. The molecule has 0 radical (unpaired) electrons. The minimum Gasteiger partial charge on any atom is -0.378 e. The van der Waals surface area contributed by atoms with Gasteiger partial charge < -0.3 is 9.64 Å². The Morgan fingerprint density at radius 1 is 1.48 bits per heavy atom. The van der Waals surface area contributed by atoms with Crippen molar-refractivity contribution in [1.29, 1.82) is 0 Å². The number of nitrogens with zero attached hydrogens (tertiary/aromatic N) is 5. The number of fused-ring (bicyclic) bond motifs is 1. The Balaban J connectivity index is 1.69. The maximum Gasteiger partial charge on any atom is 0.255 e. The summed E-state index contributed by atoms with van der Waals surface area (Å²) in [6.07, 6.45) is 4.90. The van der Waals surface area contributed by atoms with Gasteiger partial charge in [0.25, 0.3) is 5.91 Å². The Morgan fingerprint density at radius 2 is 2.24 bits per heavy atom. The number of pyridine rings is 1. The topological polar surface area (TPSA) is 73.1 Å². The van der Waals surface area contributed by atoms with Crippen molar-refractivity contribution in [2.75, 3.05) is 13.7 Å². The average Bonchev–Trinajstić information content (AvgIpc) is 2.96. The molecule has 2 aromatic heterocycles. The third kappa shape index (κ3) is 3.13. The summed E-state index contributed by atoms with van der Waals surface area (Å²) in [5.41, 5.74) is 1.80. The van der Waals surface area contributed by atoms with Crippen LogP contribution in [-0.2, 0) is 11.8 Å². The summed E-state index contributed by atoms with van der Waals surface area (Å²) in [5, 5.41) is 7.98. The van der Waals surface area contributed by atoms with Crippen molar-refractivity contribution < 1.29 is 9.53 Å². The molecule has 2 heterocycles. The first-order valence-corrected chi connectivity index (χ1v) is 8.90. The fourth-order valence-electron chi connectivity index (χ4n) is 3.56. The zero-order chi connectivity index (χ0) is 18.2. The summed E-state index contributed by atoms with van der Waals surface area (Å²) in [6, 6.07) is 1.92. The quantitative estimate of drug-likeness (QED) is 0.752. The van der Waals surface area contributed by atoms with Crippen LogP contribution in [0.25, 0.3) is 11.2 Å². The maximum atomic E-state index is 12.9. The smallest absolute Gasteiger partial charge is 0.255 e. The fraction of sp³-hybridized carbons (Fsp3) is 0.667. The Hall–Kier alpha value is -2.02. The van der Waals surface area contributed by atoms with Crippen LogP contribution in [-0.4, -0.2) is 56.6 Å². The van der Waals surface area contributed by atoms with E-state index < -0.39 is 0 Å². The Morgan fingerprint density at radius 3 is 2.92 bits per heavy atom. The van der Waals surface area contributed by atoms with Gasteiger partial charge >= 0.3 is 0 Å². The minimum absolute atomic E-state index is 0.0369. The molecule has 0 bridgehead atoms. The van der Waals surface area contributed by atoms with Gasteiger partial charge in [-0.25, -0.2) is 9.67 Å². The van der Waals surface area contributed by atoms with E-state index in [2.05, 4.69) is 36.1 Å². The summed E-state index contributed by atoms with van der Waals surface area (Å²) in [7, 11) is 3.64. The molecule has 7 heteroatoms. The Labute approximate surface area is 148 Å². The third-order valence-corrected chi connectivity index (χ3v) is 5.42. The van der Waals surface area contributed by atoms with Crippen molar-refractivity contribution >= 4 is 17.1 Å². The van der Waals surface area contributed by atoms with Crippen LogP contribution in [0.15, 0.2) is 12.3 Å². The van der Waals surface area contributed by atoms with Gasteiger partial charge in [0.15, 0.2) is 5.65 Å². The number of ether oxygens (including phenoxy) is 1. The molecule has 1 fully saturated rings. The molecule has 136 valence electrons. The van der Waals surface area contributed by atoms with E-state index >= 15 is 0 Å². The van der Waals surface area contributed by atoms with Gasteiger partial charge in [0.2, 0.25) is 0 Å². The number of hydrogen-bond acceptors (Lipinski definition) is 5. The summed E-state index contributed by atoms with van der Waals surface area (Å²) in [5.74, 6) is -0.0369. The molecule has 0 N–H and O–H groups in total. The van der Waals surface area contributed by atoms with Gasteiger partial charge in [-0.05, 0) is 18.9 Å². The highest BCUT2D eigenvalue weighted by molar-refractivity contribution is 5.96. The predicted octanol–water partition coefficient (Wildman–Crippen LogP) is 2.42. The van der Waals surface area contributed by atoms with Gasteiger partial charge in [0.1, 0.15) is 5.52 Å². The van der Waals surface area contributed by atoms with E-state index in [0.717, 1.165) is 25.9 Å². The van der Waals surface area contributed by atoms with Gasteiger partial charge in [-0.15, -0.1) is 5.10 Å². The van der Waals surface area contributed by atoms with E-state index in [-0.39, 0.29) is 23.5 Å². The third-order valence-electron chi connectivity index (χ3n) is 5.42. The highest BCUT2D eigenvalue weighted by Gasteiger charge is 2.51. The minimum atomic E-state index is -0.0533. The molecule has 2 aromatic rings. The number of aryl methyl sites for hydroxylation is 1. The van der Waals surface area contributed by atoms with Gasteiger partial charge in [-0.2, -0.15) is 0 Å². The molecule has 2 atom stereocenters. The summed E-state index contributed by atoms with van der Waals surface area (Å²) < 4.78 is 7.59. The summed E-state index contributed by atoms with van der Waals surface area (Å²) in [6.45, 7) is 7.30. The van der Waals surface area contributed by atoms with E-state index in [9.17, 15) is 4.79 Å². The van der Waals surface area contributed by atoms with Crippen LogP contribution in [0.1, 0.15) is 50.4 Å². The molecule has 0 aromatic carbocycles. The van der Waals surface area contributed by atoms with E-state index in [1.165, 1.54) is 0 Å². The van der Waals surface area contributed by atoms with Gasteiger partial charge in [-0.3, -0.25) is 4.79 Å². The van der Waals surface area contributed by atoms with Crippen molar-refractivity contribution in [3.63, 3.8) is 0 Å². The van der Waals surface area contributed by atoms with Crippen LogP contribution < -0.4 is 0 Å². The highest BCUT2D eigenvalue weighted by Crippen LogP contribution is 2.45. The lowest BCUT2D eigenvalue weighted by Gasteiger charge is -2.54. The molecule has 3 rings (SSSR count). The maximum absolute atomic E-state index is 12.9. The second kappa shape index (κ2) is 6.71. The Bertz CT molecular complexity index is 770. The Kier molecular flexibility index (Phi) is 4.77. The van der Waals surface area contributed by atoms with Crippen molar-refractivity contribution in [1.82, 2.24) is 24.9 Å². The molecular weight excluding hydrogens is 318 g/mol. The summed E-state index contributed by atoms with van der Waals surface area (Å²) >= 11 is 0. The predicted molar refractivity (Wildman–Crippen MR) is 95.2 cm³/mol. The number of carbonyl (C=O) groups excluding carboxylic acids is 1. The molecule has 0 spiro atoms. The summed E-state index contributed by atoms with van der Waals surface area (Å²) in [4.78, 5) is 19.0. The SMILES string of the molecule is CCCCO[C@H]1C[C@H](N(C)C(=O)c2cnc3c(c2)nnn3C)C1(C)C. The van der Waals surface area contributed by atoms with Crippen LogP contribution in [0.5, 0.6) is 0 Å². The molecule has 1 saturated carbocycles. The standard InChI is InChI=1S/C18H27N5O2/c1-6-7-8-25-15-10-14(18(15,2)3)22(4)17(24)12-9-13-16(19-11-12)23(5)21-20-13/h9,11,14-15H,6-8,10H2,1-5H3/t14-,15-/m0/s1. The first-order valence-electron chi connectivity index (χ1n) is 8.90. The zero-order valence-electron chi connectivity index (χ0n) is 15.7. The average molecular weight is 345 g/mol. The lowest BCUT2D eigenvalue weighted by atomic mass is 9.63. The molecule has 0 aliphatic heterocycles. The number of hydrogen-bond donors (Lipinski definition) is 0. The molecule has 0 unspecified atom stereocenters. The van der Waals surface area contributed by atoms with Crippen molar-refractivity contribution in [3.05, 3.63) is 17.8 Å². The van der Waals surface area contributed by atoms with Gasteiger partial charge in [0.05, 0.1) is 11.7 Å². The molecule has 7 nitrogen and oxygen atoms in total. The molecule has 1 amide bonds. The van der Waals surface area contributed by atoms with Crippen molar-refractivity contribution in [2.24, 2.45) is 12.5 Å². The second-order valence-electron chi connectivity index (χ2n) is 7.48. The number of aromatic nitrogens is 4. The van der Waals surface area contributed by atoms with Crippen LogP contribution in [0.2, 0.25) is 0 Å². The molecule has 25 heavy (non-hydrogen) atoms. The molecule has 1 aliphatic rings. The number of rotatable bonds is 6. The van der Waals surface area contributed by atoms with E-state index in [1.54, 1.807) is 24.0 Å². The first-order chi connectivity index (χ1) is 11.9. The second-order valence-corrected chi connectivity index (χ2v) is 7.48. The lowest BCUT2D eigenvalue weighted by molar-refractivity contribution is -0.140. The monoisotopic (exact) mass is 345 g/mol. The van der Waals surface area contributed by atoms with Crippen LogP contribution >= 0.6 is 0 Å². The molecule has 0 saturated heterocycles. The van der Waals surface area contributed by atoms with Gasteiger partial charge in [-0.1, -0.05) is 32.4 Å². The van der Waals surface area contributed by atoms with Crippen molar-refractivity contribution in [3.8, 4) is 0 Å². The first kappa shape index (κ1) is 17.8. The van der Waals surface area contributed by atoms with E-state index in [4.69, 9.17) is 4.74 Å². The highest BCUT2D eigenvalue weighted by atomic mass is 16.5. The largest absolute Gasteiger partial charge is 0.378 e. The number of carbonyl (C=O) groups is 1. The zero-order valence-corrected chi connectivity index (χ0v) is 15.7. The van der Waals surface area contributed by atoms with Gasteiger partial charge in [0, 0.05) is 38.4 Å². The van der Waals surface area contributed by atoms with Crippen LogP contribution in [0.4, 0.5) is 0 Å². The molecule has 1 aliphatic carbocycles. The lowest BCUT2D eigenvalue weighted by Crippen LogP contribution is -2.62. The number of unbranched alkanes of at least 4 members (excludes halogenated alkanes) is 1. The van der Waals surface area contributed by atoms with E-state index in [0.29, 0.717) is 16.7 Å².